The standard InChI is InChI=1S/C7H16ClN/c1-7(2,5-8)6-9(3)4/h5-6H2,1-4H3/p+1. The van der Waals surface area contributed by atoms with Crippen LogP contribution in [0, 0.1) is 5.41 Å². The molecule has 1 nitrogen and oxygen atoms in total. The molecule has 0 aliphatic heterocycles. The van der Waals surface area contributed by atoms with Gasteiger partial charge in [-0.15, -0.1) is 11.6 Å². The summed E-state index contributed by atoms with van der Waals surface area (Å²) in [5.74, 6) is 0.748. The molecule has 2 heteroatoms. The first kappa shape index (κ1) is 9.25. The van der Waals surface area contributed by atoms with Crippen molar-refractivity contribution in [3.8, 4) is 0 Å². The Morgan fingerprint density at radius 1 is 1.33 bits per heavy atom. The Kier molecular flexibility index (Phi) is 3.52. The Balaban J connectivity index is 3.58. The Labute approximate surface area is 63.0 Å². The molecule has 0 aromatic carbocycles. The Hall–Kier alpha value is 0.250. The van der Waals surface area contributed by atoms with E-state index in [4.69, 9.17) is 11.6 Å². The summed E-state index contributed by atoms with van der Waals surface area (Å²) < 4.78 is 0. The first-order valence-electron chi connectivity index (χ1n) is 3.33. The molecule has 0 spiro atoms. The molecule has 0 unspecified atom stereocenters. The second-order valence-corrected chi connectivity index (χ2v) is 3.95. The lowest BCUT2D eigenvalue weighted by molar-refractivity contribution is -0.864. The van der Waals surface area contributed by atoms with Crippen LogP contribution in [0.25, 0.3) is 0 Å². The Morgan fingerprint density at radius 2 is 1.78 bits per heavy atom. The van der Waals surface area contributed by atoms with Crippen LogP contribution in [0.3, 0.4) is 0 Å². The number of nitrogens with one attached hydrogen (secondary N) is 1. The van der Waals surface area contributed by atoms with Crippen LogP contribution >= 0.6 is 11.6 Å². The molecular formula is C7H17ClN+. The van der Waals surface area contributed by atoms with Gasteiger partial charge in [-0.2, -0.15) is 0 Å². The predicted octanol–water partition coefficient (Wildman–Crippen LogP) is 0.396. The van der Waals surface area contributed by atoms with Gasteiger partial charge in [0.05, 0.1) is 20.6 Å². The lowest BCUT2D eigenvalue weighted by Crippen LogP contribution is -3.07. The second-order valence-electron chi connectivity index (χ2n) is 3.68. The molecule has 1 N–H and O–H groups in total. The summed E-state index contributed by atoms with van der Waals surface area (Å²) in [7, 11) is 4.29. The zero-order chi connectivity index (χ0) is 7.49. The molecule has 0 heterocycles. The molecular weight excluding hydrogens is 134 g/mol. The van der Waals surface area contributed by atoms with Crippen LogP contribution in [0.1, 0.15) is 13.8 Å². The van der Waals surface area contributed by atoms with Crippen molar-refractivity contribution in [1.82, 2.24) is 0 Å². The molecule has 0 fully saturated rings. The molecule has 0 saturated carbocycles. The van der Waals surface area contributed by atoms with Crippen LogP contribution in [-0.2, 0) is 0 Å². The smallest absolute Gasteiger partial charge is 0.0830 e. The summed E-state index contributed by atoms with van der Waals surface area (Å²) in [5, 5.41) is 0. The largest absolute Gasteiger partial charge is 0.339 e. The SMILES string of the molecule is C[NH+](C)CC(C)(C)CCl. The van der Waals surface area contributed by atoms with Crippen LogP contribution in [0.5, 0.6) is 0 Å². The van der Waals surface area contributed by atoms with Gasteiger partial charge in [-0.05, 0) is 0 Å². The van der Waals surface area contributed by atoms with Gasteiger partial charge in [0, 0.05) is 11.3 Å². The topological polar surface area (TPSA) is 4.44 Å². The van der Waals surface area contributed by atoms with Gasteiger partial charge in [0.25, 0.3) is 0 Å². The van der Waals surface area contributed by atoms with Crippen LogP contribution < -0.4 is 4.90 Å². The molecule has 56 valence electrons. The van der Waals surface area contributed by atoms with Gasteiger partial charge in [-0.3, -0.25) is 0 Å². The van der Waals surface area contributed by atoms with Crippen LogP contribution in [0.2, 0.25) is 0 Å². The maximum atomic E-state index is 5.72. The van der Waals surface area contributed by atoms with E-state index in [1.54, 1.807) is 0 Å². The molecule has 0 rings (SSSR count). The number of hydrogen-bond donors (Lipinski definition) is 1. The zero-order valence-corrected chi connectivity index (χ0v) is 7.55. The normalized spacial score (nSPS) is 12.7. The van der Waals surface area contributed by atoms with Crippen LogP contribution in [0.4, 0.5) is 0 Å². The fourth-order valence-electron chi connectivity index (χ4n) is 1.00. The van der Waals surface area contributed by atoms with E-state index < -0.39 is 0 Å². The number of quaternary nitrogens is 1. The van der Waals surface area contributed by atoms with Crippen molar-refractivity contribution < 1.29 is 4.90 Å². The average Bonchev–Trinajstić information content (AvgIpc) is 1.63. The number of hydrogen-bond acceptors (Lipinski definition) is 0. The Bertz CT molecular complexity index is 79.0. The lowest BCUT2D eigenvalue weighted by atomic mass is 9.96. The minimum atomic E-state index is 0.292. The van der Waals surface area contributed by atoms with Crippen LogP contribution in [-0.4, -0.2) is 26.5 Å². The van der Waals surface area contributed by atoms with E-state index in [9.17, 15) is 0 Å². The van der Waals surface area contributed by atoms with Gasteiger partial charge in [-0.1, -0.05) is 13.8 Å². The number of halogens is 1. The van der Waals surface area contributed by atoms with E-state index in [0.29, 0.717) is 5.41 Å². The van der Waals surface area contributed by atoms with E-state index >= 15 is 0 Å². The summed E-state index contributed by atoms with van der Waals surface area (Å²) in [6.07, 6.45) is 0. The summed E-state index contributed by atoms with van der Waals surface area (Å²) in [4.78, 5) is 1.46. The molecule has 0 atom stereocenters. The van der Waals surface area contributed by atoms with E-state index in [0.717, 1.165) is 12.4 Å². The second kappa shape index (κ2) is 3.43. The minimum Gasteiger partial charge on any atom is -0.339 e. The maximum absolute atomic E-state index is 5.72. The highest BCUT2D eigenvalue weighted by molar-refractivity contribution is 6.18. The molecule has 0 aliphatic carbocycles. The van der Waals surface area contributed by atoms with E-state index in [-0.39, 0.29) is 0 Å². The predicted molar refractivity (Wildman–Crippen MR) is 42.2 cm³/mol. The third-order valence-corrected chi connectivity index (χ3v) is 1.92. The molecule has 9 heavy (non-hydrogen) atoms. The van der Waals surface area contributed by atoms with Crippen LogP contribution in [0.15, 0.2) is 0 Å². The van der Waals surface area contributed by atoms with Gasteiger partial charge in [0.15, 0.2) is 0 Å². The molecule has 0 bridgehead atoms. The monoisotopic (exact) mass is 150 g/mol. The third-order valence-electron chi connectivity index (χ3n) is 1.19. The van der Waals surface area contributed by atoms with Gasteiger partial charge >= 0.3 is 0 Å². The van der Waals surface area contributed by atoms with E-state index in [2.05, 4.69) is 27.9 Å². The number of rotatable bonds is 3. The molecule has 0 amide bonds. The summed E-state index contributed by atoms with van der Waals surface area (Å²) in [6.45, 7) is 5.51. The summed E-state index contributed by atoms with van der Waals surface area (Å²) >= 11 is 5.72. The lowest BCUT2D eigenvalue weighted by Gasteiger charge is -2.22. The summed E-state index contributed by atoms with van der Waals surface area (Å²) in [6, 6.07) is 0. The molecule has 0 saturated heterocycles. The fourth-order valence-corrected chi connectivity index (χ4v) is 1.10. The van der Waals surface area contributed by atoms with Crippen molar-refractivity contribution >= 4 is 11.6 Å². The maximum Gasteiger partial charge on any atom is 0.0830 e. The van der Waals surface area contributed by atoms with Crippen molar-refractivity contribution in [3.05, 3.63) is 0 Å². The van der Waals surface area contributed by atoms with E-state index in [1.807, 2.05) is 0 Å². The van der Waals surface area contributed by atoms with Gasteiger partial charge in [0.1, 0.15) is 0 Å². The molecule has 0 radical (unpaired) electrons. The quantitative estimate of drug-likeness (QED) is 0.556. The summed E-state index contributed by atoms with van der Waals surface area (Å²) in [5.41, 5.74) is 0.292. The van der Waals surface area contributed by atoms with Gasteiger partial charge in [0.2, 0.25) is 0 Å². The van der Waals surface area contributed by atoms with Crippen molar-refractivity contribution in [2.45, 2.75) is 13.8 Å². The first-order valence-corrected chi connectivity index (χ1v) is 3.86. The number of alkyl halides is 1. The highest BCUT2D eigenvalue weighted by Crippen LogP contribution is 2.13. The van der Waals surface area contributed by atoms with E-state index in [1.165, 1.54) is 4.90 Å². The van der Waals surface area contributed by atoms with Gasteiger partial charge < -0.3 is 4.90 Å². The highest BCUT2D eigenvalue weighted by Gasteiger charge is 2.19. The average molecular weight is 151 g/mol. The van der Waals surface area contributed by atoms with Gasteiger partial charge in [-0.25, -0.2) is 0 Å². The fraction of sp³-hybridized carbons (Fsp3) is 1.00. The van der Waals surface area contributed by atoms with Crippen molar-refractivity contribution in [2.75, 3.05) is 26.5 Å². The highest BCUT2D eigenvalue weighted by atomic mass is 35.5. The molecule has 0 aromatic heterocycles. The van der Waals surface area contributed by atoms with Crippen molar-refractivity contribution in [1.29, 1.82) is 0 Å². The Morgan fingerprint density at radius 3 is 1.89 bits per heavy atom. The molecule has 0 aromatic rings. The zero-order valence-electron chi connectivity index (χ0n) is 6.79. The first-order chi connectivity index (χ1) is 3.98. The molecule has 0 aliphatic rings. The van der Waals surface area contributed by atoms with Crippen molar-refractivity contribution in [2.24, 2.45) is 5.41 Å². The third kappa shape index (κ3) is 4.73. The van der Waals surface area contributed by atoms with Crippen molar-refractivity contribution in [3.63, 3.8) is 0 Å². The minimum absolute atomic E-state index is 0.292.